The quantitative estimate of drug-likeness (QED) is 0.0261. The standard InChI is InChI=1S/C73H134O6/c1-4-7-10-13-16-19-22-25-28-30-31-32-33-34-35-36-37-38-39-40-41-42-44-45-48-51-54-57-60-63-66-72(75)78-69-70(68-77-71(74)65-62-59-56-53-50-47-27-24-21-18-15-12-9-6-3)79-73(76)67-64-61-58-55-52-49-46-43-29-26-23-20-17-14-11-8-5-2/h15,17-18,20,24,26-27,29,70H,4-14,16,19,21-23,25,28,30-69H2,1-3H3/b18-15-,20-17-,27-24-,29-26-. The van der Waals surface area contributed by atoms with Crippen LogP contribution in [0.4, 0.5) is 0 Å². The molecule has 0 aromatic rings. The molecule has 0 saturated carbocycles. The Bertz CT molecular complexity index is 1360. The minimum atomic E-state index is -0.783. The zero-order chi connectivity index (χ0) is 57.1. The molecule has 6 nitrogen and oxygen atoms in total. The monoisotopic (exact) mass is 1110 g/mol. The minimum Gasteiger partial charge on any atom is -0.462 e. The van der Waals surface area contributed by atoms with Gasteiger partial charge in [0.15, 0.2) is 6.10 Å². The molecule has 79 heavy (non-hydrogen) atoms. The first kappa shape index (κ1) is 76.4. The second kappa shape index (κ2) is 67.9. The molecule has 0 heterocycles. The van der Waals surface area contributed by atoms with Gasteiger partial charge in [0.25, 0.3) is 0 Å². The Labute approximate surface area is 492 Å². The van der Waals surface area contributed by atoms with Gasteiger partial charge >= 0.3 is 17.9 Å². The summed E-state index contributed by atoms with van der Waals surface area (Å²) in [7, 11) is 0. The topological polar surface area (TPSA) is 78.9 Å². The lowest BCUT2D eigenvalue weighted by atomic mass is 10.0. The van der Waals surface area contributed by atoms with E-state index in [0.717, 1.165) is 89.9 Å². The Morgan fingerprint density at radius 2 is 0.468 bits per heavy atom. The van der Waals surface area contributed by atoms with Crippen LogP contribution in [0.1, 0.15) is 380 Å². The van der Waals surface area contributed by atoms with E-state index < -0.39 is 6.10 Å². The Morgan fingerprint density at radius 3 is 0.759 bits per heavy atom. The molecule has 0 aromatic heterocycles. The molecule has 0 aliphatic carbocycles. The molecule has 0 bridgehead atoms. The Balaban J connectivity index is 4.18. The van der Waals surface area contributed by atoms with Crippen molar-refractivity contribution in [3.05, 3.63) is 48.6 Å². The summed E-state index contributed by atoms with van der Waals surface area (Å²) in [5.41, 5.74) is 0. The van der Waals surface area contributed by atoms with E-state index in [1.807, 2.05) is 0 Å². The van der Waals surface area contributed by atoms with Gasteiger partial charge in [-0.2, -0.15) is 0 Å². The third-order valence-corrected chi connectivity index (χ3v) is 15.8. The second-order valence-electron chi connectivity index (χ2n) is 23.8. The minimum absolute atomic E-state index is 0.0774. The average molecular weight is 1110 g/mol. The molecule has 0 amide bonds. The molecule has 0 aromatic carbocycles. The summed E-state index contributed by atoms with van der Waals surface area (Å²) in [4.78, 5) is 38.4. The second-order valence-corrected chi connectivity index (χ2v) is 23.8. The van der Waals surface area contributed by atoms with Gasteiger partial charge in [0.05, 0.1) is 0 Å². The smallest absolute Gasteiger partial charge is 0.306 e. The van der Waals surface area contributed by atoms with E-state index in [0.29, 0.717) is 19.3 Å². The fourth-order valence-corrected chi connectivity index (χ4v) is 10.5. The lowest BCUT2D eigenvalue weighted by Crippen LogP contribution is -2.30. The van der Waals surface area contributed by atoms with Gasteiger partial charge < -0.3 is 14.2 Å². The van der Waals surface area contributed by atoms with Gasteiger partial charge in [-0.3, -0.25) is 14.4 Å². The molecule has 0 saturated heterocycles. The summed E-state index contributed by atoms with van der Waals surface area (Å²) in [6.45, 7) is 6.62. The summed E-state index contributed by atoms with van der Waals surface area (Å²) in [5, 5.41) is 0. The first-order chi connectivity index (χ1) is 39.0. The van der Waals surface area contributed by atoms with E-state index in [1.54, 1.807) is 0 Å². The van der Waals surface area contributed by atoms with Crippen LogP contribution in [0.5, 0.6) is 0 Å². The van der Waals surface area contributed by atoms with Crippen molar-refractivity contribution in [2.75, 3.05) is 13.2 Å². The van der Waals surface area contributed by atoms with Crippen LogP contribution in [0.25, 0.3) is 0 Å². The van der Waals surface area contributed by atoms with Crippen molar-refractivity contribution in [1.82, 2.24) is 0 Å². The van der Waals surface area contributed by atoms with Crippen molar-refractivity contribution >= 4 is 17.9 Å². The number of allylic oxidation sites excluding steroid dienone is 8. The number of carbonyl (C=O) groups is 3. The Hall–Kier alpha value is -2.63. The van der Waals surface area contributed by atoms with Crippen molar-refractivity contribution in [1.29, 1.82) is 0 Å². The van der Waals surface area contributed by atoms with Gasteiger partial charge in [0.1, 0.15) is 13.2 Å². The molecular weight excluding hydrogens is 973 g/mol. The van der Waals surface area contributed by atoms with Crippen LogP contribution in [0.3, 0.4) is 0 Å². The molecule has 0 N–H and O–H groups in total. The normalized spacial score (nSPS) is 12.3. The fourth-order valence-electron chi connectivity index (χ4n) is 10.5. The van der Waals surface area contributed by atoms with E-state index in [4.69, 9.17) is 14.2 Å². The zero-order valence-corrected chi connectivity index (χ0v) is 53.2. The predicted molar refractivity (Wildman–Crippen MR) is 344 cm³/mol. The third-order valence-electron chi connectivity index (χ3n) is 15.8. The molecule has 6 heteroatoms. The van der Waals surface area contributed by atoms with Gasteiger partial charge in [-0.15, -0.1) is 0 Å². The molecule has 0 radical (unpaired) electrons. The van der Waals surface area contributed by atoms with Crippen molar-refractivity contribution in [2.45, 2.75) is 386 Å². The summed E-state index contributed by atoms with van der Waals surface area (Å²) < 4.78 is 16.9. The highest BCUT2D eigenvalue weighted by Gasteiger charge is 2.19. The van der Waals surface area contributed by atoms with E-state index in [2.05, 4.69) is 69.4 Å². The number of hydrogen-bond donors (Lipinski definition) is 0. The number of carbonyl (C=O) groups excluding carboxylic acids is 3. The van der Waals surface area contributed by atoms with Crippen molar-refractivity contribution in [3.63, 3.8) is 0 Å². The van der Waals surface area contributed by atoms with E-state index in [-0.39, 0.29) is 31.1 Å². The lowest BCUT2D eigenvalue weighted by molar-refractivity contribution is -0.167. The first-order valence-corrected chi connectivity index (χ1v) is 35.1. The molecule has 0 aliphatic rings. The number of esters is 3. The summed E-state index contributed by atoms with van der Waals surface area (Å²) in [6, 6.07) is 0. The third kappa shape index (κ3) is 66.1. The van der Waals surface area contributed by atoms with Crippen molar-refractivity contribution in [2.24, 2.45) is 0 Å². The predicted octanol–water partition coefficient (Wildman–Crippen LogP) is 24.1. The van der Waals surface area contributed by atoms with Gasteiger partial charge in [-0.1, -0.05) is 333 Å². The maximum atomic E-state index is 12.9. The first-order valence-electron chi connectivity index (χ1n) is 35.1. The molecule has 0 aliphatic heterocycles. The summed E-state index contributed by atoms with van der Waals surface area (Å²) in [6.07, 6.45) is 85.8. The largest absolute Gasteiger partial charge is 0.462 e. The number of ether oxygens (including phenoxy) is 3. The maximum Gasteiger partial charge on any atom is 0.306 e. The van der Waals surface area contributed by atoms with Gasteiger partial charge in [-0.05, 0) is 77.0 Å². The highest BCUT2D eigenvalue weighted by Crippen LogP contribution is 2.18. The van der Waals surface area contributed by atoms with Crippen LogP contribution in [-0.2, 0) is 28.6 Å². The van der Waals surface area contributed by atoms with E-state index >= 15 is 0 Å². The zero-order valence-electron chi connectivity index (χ0n) is 53.2. The van der Waals surface area contributed by atoms with Crippen molar-refractivity contribution in [3.8, 4) is 0 Å². The molecule has 462 valence electrons. The summed E-state index contributed by atoms with van der Waals surface area (Å²) in [5.74, 6) is -0.877. The maximum absolute atomic E-state index is 12.9. The van der Waals surface area contributed by atoms with Crippen LogP contribution >= 0.6 is 0 Å². The van der Waals surface area contributed by atoms with Crippen LogP contribution < -0.4 is 0 Å². The van der Waals surface area contributed by atoms with E-state index in [9.17, 15) is 14.4 Å². The van der Waals surface area contributed by atoms with Gasteiger partial charge in [0.2, 0.25) is 0 Å². The molecule has 0 spiro atoms. The van der Waals surface area contributed by atoms with E-state index in [1.165, 1.54) is 250 Å². The van der Waals surface area contributed by atoms with Gasteiger partial charge in [-0.25, -0.2) is 0 Å². The van der Waals surface area contributed by atoms with Crippen LogP contribution in [0.2, 0.25) is 0 Å². The molecule has 1 unspecified atom stereocenters. The SMILES string of the molecule is CCCC/C=C\C/C=C\CCCCCCCC(=O)OCC(COC(=O)CCCCCCCCCCCCCCCCCCCCCCCCCCCCCCCC)OC(=O)CCCCCCCCC/C=C\C/C=C\CCCCC. The highest BCUT2D eigenvalue weighted by atomic mass is 16.6. The van der Waals surface area contributed by atoms with Crippen LogP contribution in [0, 0.1) is 0 Å². The molecule has 0 rings (SSSR count). The average Bonchev–Trinajstić information content (AvgIpc) is 3.45. The Morgan fingerprint density at radius 1 is 0.253 bits per heavy atom. The fraction of sp³-hybridized carbons (Fsp3) is 0.849. The van der Waals surface area contributed by atoms with Crippen LogP contribution in [-0.4, -0.2) is 37.2 Å². The van der Waals surface area contributed by atoms with Crippen molar-refractivity contribution < 1.29 is 28.6 Å². The highest BCUT2D eigenvalue weighted by molar-refractivity contribution is 5.71. The molecular formula is C73H134O6. The number of hydrogen-bond acceptors (Lipinski definition) is 6. The molecule has 0 fully saturated rings. The van der Waals surface area contributed by atoms with Crippen LogP contribution in [0.15, 0.2) is 48.6 Å². The number of rotatable bonds is 65. The number of unbranched alkanes of at least 4 members (excludes halogenated alkanes) is 46. The van der Waals surface area contributed by atoms with Gasteiger partial charge in [0, 0.05) is 19.3 Å². The molecule has 1 atom stereocenters. The lowest BCUT2D eigenvalue weighted by Gasteiger charge is -2.18. The summed E-state index contributed by atoms with van der Waals surface area (Å²) >= 11 is 0. The Kier molecular flexibility index (Phi) is 65.6.